The number of carbonyl (C=O) groups excluding carboxylic acids is 1. The quantitative estimate of drug-likeness (QED) is 0.277. The van der Waals surface area contributed by atoms with Crippen LogP contribution in [0.15, 0.2) is 24.3 Å². The average molecular weight is 547 g/mol. The number of hydrogen-bond donors (Lipinski definition) is 2. The molecule has 0 fully saturated rings. The predicted octanol–water partition coefficient (Wildman–Crippen LogP) is 8.21. The number of benzene rings is 1. The number of aliphatic hydroxyl groups is 1. The molecule has 2 rings (SSSR count). The molecule has 0 radical (unpaired) electrons. The third kappa shape index (κ3) is 8.41. The Kier molecular flexibility index (Phi) is 12.7. The zero-order valence-corrected chi connectivity index (χ0v) is 26.2. The molecule has 0 aliphatic rings. The first-order chi connectivity index (χ1) is 17.5. The number of aliphatic hydroxyl groups excluding tert-OH is 1. The Hall–Kier alpha value is -2.18. The average Bonchev–Trinajstić information content (AvgIpc) is 3.25. The van der Waals surface area contributed by atoms with Crippen LogP contribution in [0.5, 0.6) is 5.75 Å². The Morgan fingerprint density at radius 3 is 1.95 bits per heavy atom. The van der Waals surface area contributed by atoms with Gasteiger partial charge in [0.1, 0.15) is 12.4 Å². The number of hydrogen-bond acceptors (Lipinski definition) is 5. The van der Waals surface area contributed by atoms with Crippen LogP contribution in [0.3, 0.4) is 0 Å². The molecule has 0 aliphatic carbocycles. The van der Waals surface area contributed by atoms with Crippen molar-refractivity contribution in [1.82, 2.24) is 0 Å². The van der Waals surface area contributed by atoms with Crippen molar-refractivity contribution in [3.63, 3.8) is 0 Å². The highest BCUT2D eigenvalue weighted by Gasteiger charge is 2.34. The summed E-state index contributed by atoms with van der Waals surface area (Å²) in [6, 6.07) is 8.55. The van der Waals surface area contributed by atoms with Crippen LogP contribution in [-0.4, -0.2) is 34.7 Å². The van der Waals surface area contributed by atoms with Gasteiger partial charge in [0.15, 0.2) is 5.78 Å². The number of carboxylic acid groups (broad SMARTS) is 1. The molecule has 3 atom stereocenters. The van der Waals surface area contributed by atoms with Gasteiger partial charge in [0, 0.05) is 10.3 Å². The van der Waals surface area contributed by atoms with E-state index in [1.165, 1.54) is 10.4 Å². The number of thiophene rings is 1. The topological polar surface area (TPSA) is 83.8 Å². The van der Waals surface area contributed by atoms with Gasteiger partial charge in [-0.2, -0.15) is 0 Å². The number of rotatable bonds is 11. The Balaban J connectivity index is 0.000000686. The van der Waals surface area contributed by atoms with Gasteiger partial charge in [-0.15, -0.1) is 11.3 Å². The highest BCUT2D eigenvalue weighted by molar-refractivity contribution is 7.14. The summed E-state index contributed by atoms with van der Waals surface area (Å²) in [7, 11) is 0. The van der Waals surface area contributed by atoms with E-state index in [2.05, 4.69) is 39.0 Å². The van der Waals surface area contributed by atoms with E-state index in [0.29, 0.717) is 5.92 Å². The maximum atomic E-state index is 12.0. The van der Waals surface area contributed by atoms with Crippen LogP contribution in [0, 0.1) is 31.1 Å². The molecular weight excluding hydrogens is 496 g/mol. The minimum atomic E-state index is -0.690. The molecule has 1 aromatic heterocycles. The number of Topliss-reactive ketones (excluding diaryl/α,β-unsaturated/α-hetero) is 1. The normalized spacial score (nSPS) is 14.2. The fraction of sp³-hybridized carbons (Fsp3) is 0.625. The van der Waals surface area contributed by atoms with Crippen molar-refractivity contribution < 1.29 is 24.5 Å². The molecule has 1 aromatic carbocycles. The zero-order valence-electron chi connectivity index (χ0n) is 25.4. The van der Waals surface area contributed by atoms with Crippen molar-refractivity contribution in [3.8, 4) is 5.75 Å². The minimum Gasteiger partial charge on any atom is -0.491 e. The maximum absolute atomic E-state index is 12.0. The third-order valence-corrected chi connectivity index (χ3v) is 9.47. The van der Waals surface area contributed by atoms with Gasteiger partial charge >= 0.3 is 5.97 Å². The molecule has 5 nitrogen and oxygen atoms in total. The van der Waals surface area contributed by atoms with E-state index in [1.54, 1.807) is 25.2 Å². The lowest BCUT2D eigenvalue weighted by atomic mass is 9.74. The molecule has 0 saturated heterocycles. The van der Waals surface area contributed by atoms with E-state index in [0.717, 1.165) is 41.0 Å². The SMILES string of the molecule is CCC(C)C(C)C(=O)O.CCC(CC)(c1ccc(OCC(O)C(C)(C)C)c(C)c1)c1cc(C)c(C(C)=O)s1. The molecule has 0 saturated carbocycles. The fourth-order valence-electron chi connectivity index (χ4n) is 4.34. The second-order valence-electron chi connectivity index (χ2n) is 11.7. The summed E-state index contributed by atoms with van der Waals surface area (Å²) in [5, 5.41) is 18.8. The summed E-state index contributed by atoms with van der Waals surface area (Å²) in [4.78, 5) is 24.4. The number of carboxylic acids is 1. The molecule has 3 unspecified atom stereocenters. The van der Waals surface area contributed by atoms with Crippen LogP contribution in [0.2, 0.25) is 0 Å². The molecule has 1 heterocycles. The summed E-state index contributed by atoms with van der Waals surface area (Å²) < 4.78 is 5.93. The molecule has 214 valence electrons. The van der Waals surface area contributed by atoms with E-state index >= 15 is 0 Å². The molecule has 0 spiro atoms. The van der Waals surface area contributed by atoms with E-state index in [4.69, 9.17) is 9.84 Å². The van der Waals surface area contributed by atoms with Gasteiger partial charge < -0.3 is 14.9 Å². The van der Waals surface area contributed by atoms with Gasteiger partial charge in [0.25, 0.3) is 0 Å². The Bertz CT molecular complexity index is 1060. The second-order valence-corrected chi connectivity index (χ2v) is 12.7. The Labute approximate surface area is 234 Å². The lowest BCUT2D eigenvalue weighted by molar-refractivity contribution is -0.142. The lowest BCUT2D eigenvalue weighted by Crippen LogP contribution is -2.32. The number of aryl methyl sites for hydroxylation is 2. The number of ketones is 1. The molecule has 38 heavy (non-hydrogen) atoms. The summed E-state index contributed by atoms with van der Waals surface area (Å²) >= 11 is 1.63. The second kappa shape index (κ2) is 14.3. The maximum Gasteiger partial charge on any atom is 0.306 e. The fourth-order valence-corrected chi connectivity index (χ4v) is 5.76. The van der Waals surface area contributed by atoms with Gasteiger partial charge in [0.2, 0.25) is 0 Å². The minimum absolute atomic E-state index is 0.114. The van der Waals surface area contributed by atoms with Gasteiger partial charge in [0.05, 0.1) is 16.9 Å². The first-order valence-electron chi connectivity index (χ1n) is 13.8. The van der Waals surface area contributed by atoms with E-state index in [1.807, 2.05) is 47.6 Å². The largest absolute Gasteiger partial charge is 0.491 e. The van der Waals surface area contributed by atoms with E-state index in [9.17, 15) is 14.7 Å². The van der Waals surface area contributed by atoms with Gasteiger partial charge in [-0.1, -0.05) is 73.9 Å². The summed E-state index contributed by atoms with van der Waals surface area (Å²) in [6.45, 7) is 22.2. The lowest BCUT2D eigenvalue weighted by Gasteiger charge is -2.32. The molecular formula is C32H50O5S. The van der Waals surface area contributed by atoms with Crippen LogP contribution < -0.4 is 4.74 Å². The first-order valence-corrected chi connectivity index (χ1v) is 14.6. The predicted molar refractivity (Wildman–Crippen MR) is 159 cm³/mol. The van der Waals surface area contributed by atoms with Crippen LogP contribution in [-0.2, 0) is 10.2 Å². The molecule has 2 N–H and O–H groups in total. The summed E-state index contributed by atoms with van der Waals surface area (Å²) in [5.41, 5.74) is 3.06. The molecule has 0 aliphatic heterocycles. The Morgan fingerprint density at radius 1 is 1.00 bits per heavy atom. The van der Waals surface area contributed by atoms with E-state index < -0.39 is 12.1 Å². The standard InChI is InChI=1S/C25H36O3S.C7H14O2/c1-9-25(10-2,22-14-17(4)23(29-22)18(5)26)19-11-12-20(16(3)13-19)28-15-21(27)24(6,7)8;1-4-5(2)6(3)7(8)9/h11-14,21,27H,9-10,15H2,1-8H3;5-6H,4H2,1-3H3,(H,8,9). The van der Waals surface area contributed by atoms with Crippen LogP contribution in [0.1, 0.15) is 113 Å². The van der Waals surface area contributed by atoms with Crippen LogP contribution in [0.25, 0.3) is 0 Å². The summed E-state index contributed by atoms with van der Waals surface area (Å²) in [6.07, 6.45) is 2.34. The van der Waals surface area contributed by atoms with Gasteiger partial charge in [-0.3, -0.25) is 9.59 Å². The molecule has 0 bridgehead atoms. The highest BCUT2D eigenvalue weighted by atomic mass is 32.1. The summed E-state index contributed by atoms with van der Waals surface area (Å²) in [5.74, 6) is 0.351. The van der Waals surface area contributed by atoms with Crippen molar-refractivity contribution in [2.45, 2.75) is 107 Å². The van der Waals surface area contributed by atoms with Crippen molar-refractivity contribution >= 4 is 23.1 Å². The smallest absolute Gasteiger partial charge is 0.306 e. The van der Waals surface area contributed by atoms with E-state index in [-0.39, 0.29) is 29.1 Å². The van der Waals surface area contributed by atoms with Gasteiger partial charge in [-0.25, -0.2) is 0 Å². The van der Waals surface area contributed by atoms with Crippen molar-refractivity contribution in [2.75, 3.05) is 6.61 Å². The number of carbonyl (C=O) groups is 2. The monoisotopic (exact) mass is 546 g/mol. The molecule has 2 aromatic rings. The van der Waals surface area contributed by atoms with Crippen molar-refractivity contribution in [3.05, 3.63) is 50.7 Å². The highest BCUT2D eigenvalue weighted by Crippen LogP contribution is 2.44. The van der Waals surface area contributed by atoms with Crippen LogP contribution in [0.4, 0.5) is 0 Å². The number of aliphatic carboxylic acids is 1. The van der Waals surface area contributed by atoms with Crippen LogP contribution >= 0.6 is 11.3 Å². The van der Waals surface area contributed by atoms with Crippen molar-refractivity contribution in [2.24, 2.45) is 17.3 Å². The molecule has 0 amide bonds. The Morgan fingerprint density at radius 2 is 1.58 bits per heavy atom. The van der Waals surface area contributed by atoms with Gasteiger partial charge in [-0.05, 0) is 73.8 Å². The number of ether oxygens (including phenoxy) is 1. The molecule has 6 heteroatoms. The first kappa shape index (κ1) is 33.8. The zero-order chi connectivity index (χ0) is 29.4. The van der Waals surface area contributed by atoms with Crippen molar-refractivity contribution in [1.29, 1.82) is 0 Å². The third-order valence-electron chi connectivity index (χ3n) is 7.93.